The Morgan fingerprint density at radius 1 is 1.23 bits per heavy atom. The van der Waals surface area contributed by atoms with Gasteiger partial charge >= 0.3 is 6.18 Å². The number of nitrogens with zero attached hydrogens (tertiary/aromatic N) is 6. The number of halogens is 4. The minimum Gasteiger partial charge on any atom is -0.300 e. The Labute approximate surface area is 160 Å². The van der Waals surface area contributed by atoms with Crippen LogP contribution in [0.4, 0.5) is 18.3 Å². The van der Waals surface area contributed by atoms with Gasteiger partial charge in [0.1, 0.15) is 0 Å². The molecule has 3 aromatic rings. The van der Waals surface area contributed by atoms with Crippen molar-refractivity contribution in [1.29, 1.82) is 0 Å². The quantitative estimate of drug-likeness (QED) is 0.578. The number of benzene rings is 1. The van der Waals surface area contributed by atoms with E-state index in [2.05, 4.69) is 47.0 Å². The van der Waals surface area contributed by atoms with E-state index in [0.29, 0.717) is 10.8 Å². The van der Waals surface area contributed by atoms with Crippen molar-refractivity contribution >= 4 is 50.1 Å². The molecular formula is C12H7BrF3N7OS2. The average Bonchev–Trinajstić information content (AvgIpc) is 3.22. The normalized spacial score (nSPS) is 11.5. The minimum atomic E-state index is -4.60. The van der Waals surface area contributed by atoms with Gasteiger partial charge in [0.25, 0.3) is 0 Å². The number of carbonyl (C=O) groups excluding carboxylic acids is 1. The van der Waals surface area contributed by atoms with Crippen molar-refractivity contribution in [2.45, 2.75) is 11.3 Å². The number of alkyl halides is 3. The zero-order chi connectivity index (χ0) is 18.7. The third-order valence-corrected chi connectivity index (χ3v) is 5.09. The van der Waals surface area contributed by atoms with Crippen LogP contribution in [0.3, 0.4) is 0 Å². The smallest absolute Gasteiger partial charge is 0.300 e. The molecule has 136 valence electrons. The molecule has 0 saturated carbocycles. The topological polar surface area (TPSA) is 98.5 Å². The van der Waals surface area contributed by atoms with E-state index in [1.54, 1.807) is 12.1 Å². The fourth-order valence-electron chi connectivity index (χ4n) is 1.69. The molecule has 14 heteroatoms. The number of amides is 1. The van der Waals surface area contributed by atoms with Crippen LogP contribution in [0.25, 0.3) is 5.69 Å². The Morgan fingerprint density at radius 3 is 2.62 bits per heavy atom. The number of aromatic nitrogens is 6. The van der Waals surface area contributed by atoms with Gasteiger partial charge in [-0.15, -0.1) is 15.3 Å². The predicted octanol–water partition coefficient (Wildman–Crippen LogP) is 3.03. The Bertz CT molecular complexity index is 912. The molecule has 0 aliphatic heterocycles. The summed E-state index contributed by atoms with van der Waals surface area (Å²) in [7, 11) is 0. The van der Waals surface area contributed by atoms with Crippen LogP contribution in [-0.2, 0) is 11.0 Å². The first-order chi connectivity index (χ1) is 12.3. The average molecular weight is 466 g/mol. The Kier molecular flexibility index (Phi) is 5.52. The number of nitrogens with one attached hydrogen (secondary N) is 1. The Morgan fingerprint density at radius 2 is 1.96 bits per heavy atom. The van der Waals surface area contributed by atoms with Gasteiger partial charge in [-0.05, 0) is 34.7 Å². The Hall–Kier alpha value is -2.06. The summed E-state index contributed by atoms with van der Waals surface area (Å²) in [4.78, 5) is 11.9. The second-order valence-corrected chi connectivity index (χ2v) is 7.43. The van der Waals surface area contributed by atoms with Crippen molar-refractivity contribution in [3.63, 3.8) is 0 Å². The van der Waals surface area contributed by atoms with Gasteiger partial charge in [-0.3, -0.25) is 10.1 Å². The summed E-state index contributed by atoms with van der Waals surface area (Å²) in [5, 5.41) is 18.8. The van der Waals surface area contributed by atoms with Gasteiger partial charge in [0.15, 0.2) is 0 Å². The molecule has 2 aromatic heterocycles. The highest BCUT2D eigenvalue weighted by molar-refractivity contribution is 9.10. The molecule has 0 aliphatic carbocycles. The van der Waals surface area contributed by atoms with E-state index in [0.717, 1.165) is 16.2 Å². The van der Waals surface area contributed by atoms with Crippen molar-refractivity contribution in [2.75, 3.05) is 11.1 Å². The molecule has 0 fully saturated rings. The maximum absolute atomic E-state index is 12.5. The summed E-state index contributed by atoms with van der Waals surface area (Å²) < 4.78 is 39.7. The van der Waals surface area contributed by atoms with Crippen molar-refractivity contribution in [2.24, 2.45) is 0 Å². The fraction of sp³-hybridized carbons (Fsp3) is 0.167. The van der Waals surface area contributed by atoms with Crippen LogP contribution >= 0.6 is 39.0 Å². The number of anilines is 1. The van der Waals surface area contributed by atoms with Crippen molar-refractivity contribution in [3.05, 3.63) is 33.7 Å². The van der Waals surface area contributed by atoms with Crippen molar-refractivity contribution in [1.82, 2.24) is 30.4 Å². The number of hydrogen-bond acceptors (Lipinski definition) is 8. The van der Waals surface area contributed by atoms with E-state index in [4.69, 9.17) is 0 Å². The van der Waals surface area contributed by atoms with Gasteiger partial charge in [0.2, 0.25) is 21.2 Å². The van der Waals surface area contributed by atoms with Crippen LogP contribution in [0.1, 0.15) is 5.01 Å². The lowest BCUT2D eigenvalue weighted by molar-refractivity contribution is -0.138. The maximum Gasteiger partial charge on any atom is 0.445 e. The van der Waals surface area contributed by atoms with Gasteiger partial charge in [-0.1, -0.05) is 39.0 Å². The van der Waals surface area contributed by atoms with Crippen LogP contribution in [0.2, 0.25) is 0 Å². The number of rotatable bonds is 5. The lowest BCUT2D eigenvalue weighted by Crippen LogP contribution is -2.14. The number of tetrazole rings is 1. The van der Waals surface area contributed by atoms with Gasteiger partial charge in [0, 0.05) is 4.47 Å². The molecule has 1 N–H and O–H groups in total. The first-order valence-electron chi connectivity index (χ1n) is 6.70. The lowest BCUT2D eigenvalue weighted by atomic mass is 10.3. The highest BCUT2D eigenvalue weighted by Crippen LogP contribution is 2.33. The van der Waals surface area contributed by atoms with Crippen LogP contribution in [0.15, 0.2) is 33.9 Å². The van der Waals surface area contributed by atoms with Gasteiger partial charge in [-0.25, -0.2) is 0 Å². The molecular weight excluding hydrogens is 459 g/mol. The standard InChI is InChI=1S/C12H7BrF3N7OS2/c13-6-1-3-7(4-2-6)23-11(20-21-22-23)25-5-8(24)17-10-19-18-9(26-10)12(14,15)16/h1-4H,5H2,(H,17,19,24). The molecule has 8 nitrogen and oxygen atoms in total. The molecule has 0 aliphatic rings. The highest BCUT2D eigenvalue weighted by atomic mass is 79.9. The molecule has 1 amide bonds. The minimum absolute atomic E-state index is 0.113. The second-order valence-electron chi connectivity index (χ2n) is 4.60. The third kappa shape index (κ3) is 4.56. The molecule has 26 heavy (non-hydrogen) atoms. The first-order valence-corrected chi connectivity index (χ1v) is 9.30. The van der Waals surface area contributed by atoms with E-state index in [1.807, 2.05) is 12.1 Å². The predicted molar refractivity (Wildman–Crippen MR) is 91.1 cm³/mol. The monoisotopic (exact) mass is 465 g/mol. The van der Waals surface area contributed by atoms with E-state index in [9.17, 15) is 18.0 Å². The second kappa shape index (κ2) is 7.67. The molecule has 0 spiro atoms. The van der Waals surface area contributed by atoms with E-state index in [1.165, 1.54) is 4.68 Å². The first kappa shape index (κ1) is 18.7. The summed E-state index contributed by atoms with van der Waals surface area (Å²) in [6, 6.07) is 7.19. The molecule has 3 rings (SSSR count). The number of carbonyl (C=O) groups is 1. The van der Waals surface area contributed by atoms with E-state index >= 15 is 0 Å². The van der Waals surface area contributed by atoms with Crippen molar-refractivity contribution in [3.8, 4) is 5.69 Å². The zero-order valence-corrected chi connectivity index (χ0v) is 15.7. The van der Waals surface area contributed by atoms with Crippen molar-refractivity contribution < 1.29 is 18.0 Å². The number of hydrogen-bond donors (Lipinski definition) is 1. The SMILES string of the molecule is O=C(CSc1nnnn1-c1ccc(Br)cc1)Nc1nnc(C(F)(F)F)s1. The summed E-state index contributed by atoms with van der Waals surface area (Å²) in [5.41, 5.74) is 0.694. The molecule has 0 bridgehead atoms. The van der Waals surface area contributed by atoms with E-state index < -0.39 is 17.1 Å². The van der Waals surface area contributed by atoms with Gasteiger partial charge < -0.3 is 0 Å². The molecule has 0 unspecified atom stereocenters. The van der Waals surface area contributed by atoms with E-state index in [-0.39, 0.29) is 22.2 Å². The van der Waals surface area contributed by atoms with Gasteiger partial charge in [-0.2, -0.15) is 17.9 Å². The van der Waals surface area contributed by atoms with Gasteiger partial charge in [0.05, 0.1) is 11.4 Å². The molecule has 2 heterocycles. The molecule has 1 aromatic carbocycles. The summed E-state index contributed by atoms with van der Waals surface area (Å²) in [5.74, 6) is -0.664. The van der Waals surface area contributed by atoms with Crippen LogP contribution < -0.4 is 5.32 Å². The molecule has 0 atom stereocenters. The van der Waals surface area contributed by atoms with Crippen LogP contribution in [0.5, 0.6) is 0 Å². The third-order valence-electron chi connectivity index (χ3n) is 2.76. The summed E-state index contributed by atoms with van der Waals surface area (Å²) >= 11 is 4.61. The van der Waals surface area contributed by atoms with Crippen LogP contribution in [-0.4, -0.2) is 42.1 Å². The summed E-state index contributed by atoms with van der Waals surface area (Å²) in [6.07, 6.45) is -4.60. The largest absolute Gasteiger partial charge is 0.445 e. The molecule has 0 radical (unpaired) electrons. The molecule has 0 saturated heterocycles. The highest BCUT2D eigenvalue weighted by Gasteiger charge is 2.35. The lowest BCUT2D eigenvalue weighted by Gasteiger charge is -2.04. The maximum atomic E-state index is 12.5. The number of thioether (sulfide) groups is 1. The summed E-state index contributed by atoms with van der Waals surface area (Å²) in [6.45, 7) is 0. The van der Waals surface area contributed by atoms with Crippen LogP contribution in [0, 0.1) is 0 Å². The fourth-order valence-corrected chi connectivity index (χ4v) is 3.27. The zero-order valence-electron chi connectivity index (χ0n) is 12.4. The Balaban J connectivity index is 1.61.